The molecule has 0 fully saturated rings. The Morgan fingerprint density at radius 2 is 1.84 bits per heavy atom. The molecule has 0 bridgehead atoms. The molecule has 0 saturated heterocycles. The monoisotopic (exact) mass is 643 g/mol. The van der Waals surface area contributed by atoms with E-state index in [0.717, 1.165) is 10.0 Å². The third-order valence-electron chi connectivity index (χ3n) is 4.92. The van der Waals surface area contributed by atoms with E-state index in [9.17, 15) is 9.59 Å². The van der Waals surface area contributed by atoms with Crippen LogP contribution in [-0.4, -0.2) is 37.8 Å². The molecule has 3 aromatic carbocycles. The Hall–Kier alpha value is -3.63. The second-order valence-electron chi connectivity index (χ2n) is 7.91. The van der Waals surface area contributed by atoms with Crippen LogP contribution in [0, 0.1) is 6.92 Å². The van der Waals surface area contributed by atoms with Gasteiger partial charge in [-0.25, -0.2) is 5.43 Å². The van der Waals surface area contributed by atoms with Crippen molar-refractivity contribution in [2.24, 2.45) is 5.10 Å². The van der Waals surface area contributed by atoms with Crippen LogP contribution >= 0.6 is 31.9 Å². The van der Waals surface area contributed by atoms with E-state index in [1.807, 2.05) is 32.0 Å². The van der Waals surface area contributed by atoms with Crippen LogP contribution in [0.3, 0.4) is 0 Å². The van der Waals surface area contributed by atoms with Gasteiger partial charge in [-0.05, 0) is 77.8 Å². The van der Waals surface area contributed by atoms with Crippen molar-refractivity contribution in [3.05, 3.63) is 92.9 Å². The van der Waals surface area contributed by atoms with E-state index in [4.69, 9.17) is 14.2 Å². The molecule has 10 heteroatoms. The van der Waals surface area contributed by atoms with Crippen molar-refractivity contribution in [1.82, 2.24) is 5.43 Å². The number of benzene rings is 3. The second-order valence-corrected chi connectivity index (χ2v) is 9.68. The first-order valence-corrected chi connectivity index (χ1v) is 13.2. The molecular formula is C28H27Br2N3O5. The van der Waals surface area contributed by atoms with Gasteiger partial charge in [0, 0.05) is 21.3 Å². The van der Waals surface area contributed by atoms with Crippen molar-refractivity contribution < 1.29 is 23.8 Å². The maximum atomic E-state index is 12.7. The van der Waals surface area contributed by atoms with Gasteiger partial charge in [0.25, 0.3) is 11.8 Å². The first-order valence-electron chi connectivity index (χ1n) is 11.6. The maximum absolute atomic E-state index is 12.7. The van der Waals surface area contributed by atoms with Gasteiger partial charge in [-0.15, -0.1) is 0 Å². The number of nitrogens with one attached hydrogen (secondary N) is 2. The molecule has 0 aromatic heterocycles. The van der Waals surface area contributed by atoms with Gasteiger partial charge in [0.05, 0.1) is 17.3 Å². The number of carbonyl (C=O) groups excluding carboxylic acids is 2. The van der Waals surface area contributed by atoms with Gasteiger partial charge in [-0.1, -0.05) is 40.7 Å². The molecule has 0 aliphatic rings. The fourth-order valence-corrected chi connectivity index (χ4v) is 4.67. The van der Waals surface area contributed by atoms with Crippen LogP contribution in [0.5, 0.6) is 17.2 Å². The molecule has 0 unspecified atom stereocenters. The molecule has 0 aliphatic heterocycles. The van der Waals surface area contributed by atoms with Crippen molar-refractivity contribution in [2.45, 2.75) is 13.8 Å². The molecular weight excluding hydrogens is 618 g/mol. The lowest BCUT2D eigenvalue weighted by Gasteiger charge is -2.13. The highest BCUT2D eigenvalue weighted by Crippen LogP contribution is 2.32. The molecule has 2 amide bonds. The number of hydrogen-bond acceptors (Lipinski definition) is 6. The zero-order chi connectivity index (χ0) is 27.5. The minimum atomic E-state index is -0.438. The Morgan fingerprint density at radius 3 is 2.58 bits per heavy atom. The van der Waals surface area contributed by atoms with Crippen LogP contribution in [0.1, 0.15) is 28.4 Å². The first kappa shape index (κ1) is 28.9. The van der Waals surface area contributed by atoms with E-state index in [1.54, 1.807) is 42.5 Å². The van der Waals surface area contributed by atoms with Crippen molar-refractivity contribution in [3.8, 4) is 17.2 Å². The van der Waals surface area contributed by atoms with Gasteiger partial charge in [0.15, 0.2) is 18.1 Å². The van der Waals surface area contributed by atoms with Crippen molar-refractivity contribution in [3.63, 3.8) is 0 Å². The Kier molecular flexibility index (Phi) is 10.9. The first-order chi connectivity index (χ1) is 18.3. The highest BCUT2D eigenvalue weighted by Gasteiger charge is 2.14. The number of anilines is 1. The fraction of sp³-hybridized carbons (Fsp3) is 0.179. The Morgan fingerprint density at radius 1 is 1.03 bits per heavy atom. The molecule has 2 N–H and O–H groups in total. The number of amides is 2. The van der Waals surface area contributed by atoms with Gasteiger partial charge in [-0.3, -0.25) is 9.59 Å². The minimum absolute atomic E-state index is 0.220. The minimum Gasteiger partial charge on any atom is -0.490 e. The SMILES string of the molecule is C=CCOc1ccc(C(=O)N/N=C/c2cc(Br)cc(Br)c2OCC(=O)Nc2cccc(C)c2)cc1OCC. The van der Waals surface area contributed by atoms with Crippen LogP contribution in [0.4, 0.5) is 5.69 Å². The largest absolute Gasteiger partial charge is 0.490 e. The smallest absolute Gasteiger partial charge is 0.271 e. The van der Waals surface area contributed by atoms with Crippen molar-refractivity contribution in [2.75, 3.05) is 25.1 Å². The van der Waals surface area contributed by atoms with Gasteiger partial charge >= 0.3 is 0 Å². The maximum Gasteiger partial charge on any atom is 0.271 e. The van der Waals surface area contributed by atoms with Crippen LogP contribution in [0.25, 0.3) is 0 Å². The molecule has 3 rings (SSSR count). The van der Waals surface area contributed by atoms with E-state index in [0.29, 0.717) is 51.7 Å². The van der Waals surface area contributed by atoms with Crippen LogP contribution < -0.4 is 25.0 Å². The second kappa shape index (κ2) is 14.3. The summed E-state index contributed by atoms with van der Waals surface area (Å²) in [6.45, 7) is 7.93. The van der Waals surface area contributed by atoms with Crippen LogP contribution in [-0.2, 0) is 4.79 Å². The molecule has 0 atom stereocenters. The highest BCUT2D eigenvalue weighted by molar-refractivity contribution is 9.11. The summed E-state index contributed by atoms with van der Waals surface area (Å²) in [6.07, 6.45) is 3.06. The number of halogens is 2. The Bertz CT molecular complexity index is 1340. The third kappa shape index (κ3) is 8.46. The molecule has 0 heterocycles. The van der Waals surface area contributed by atoms with E-state index in [1.165, 1.54) is 6.21 Å². The molecule has 38 heavy (non-hydrogen) atoms. The average molecular weight is 645 g/mol. The lowest BCUT2D eigenvalue weighted by molar-refractivity contribution is -0.118. The molecule has 0 spiro atoms. The standard InChI is InChI=1S/C28H27Br2N3O5/c1-4-11-37-24-10-9-19(14-25(24)36-5-2)28(35)33-31-16-20-13-21(29)15-23(30)27(20)38-17-26(34)32-22-8-6-7-18(3)12-22/h4,6-10,12-16H,1,5,11,17H2,2-3H3,(H,32,34)(H,33,35)/b31-16+. The van der Waals surface area contributed by atoms with Crippen LogP contribution in [0.2, 0.25) is 0 Å². The van der Waals surface area contributed by atoms with Crippen molar-refractivity contribution >= 4 is 55.6 Å². The van der Waals surface area contributed by atoms with Crippen molar-refractivity contribution in [1.29, 1.82) is 0 Å². The average Bonchev–Trinajstić information content (AvgIpc) is 2.87. The summed E-state index contributed by atoms with van der Waals surface area (Å²) in [7, 11) is 0. The zero-order valence-corrected chi connectivity index (χ0v) is 24.1. The number of carbonyl (C=O) groups is 2. The number of rotatable bonds is 12. The number of aryl methyl sites for hydroxylation is 1. The van der Waals surface area contributed by atoms with Gasteiger partial charge < -0.3 is 19.5 Å². The molecule has 3 aromatic rings. The zero-order valence-electron chi connectivity index (χ0n) is 20.9. The lowest BCUT2D eigenvalue weighted by atomic mass is 10.2. The van der Waals surface area contributed by atoms with E-state index >= 15 is 0 Å². The highest BCUT2D eigenvalue weighted by atomic mass is 79.9. The van der Waals surface area contributed by atoms with Crippen LogP contribution in [0.15, 0.2) is 81.3 Å². The summed E-state index contributed by atoms with van der Waals surface area (Å²) in [6, 6.07) is 15.9. The number of nitrogens with zero attached hydrogens (tertiary/aromatic N) is 1. The molecule has 0 radical (unpaired) electrons. The summed E-state index contributed by atoms with van der Waals surface area (Å²) in [5.41, 5.74) is 5.10. The third-order valence-corrected chi connectivity index (χ3v) is 5.97. The quantitative estimate of drug-likeness (QED) is 0.138. The predicted octanol–water partition coefficient (Wildman–Crippen LogP) is 6.26. The van der Waals surface area contributed by atoms with Gasteiger partial charge in [-0.2, -0.15) is 5.10 Å². The molecule has 0 saturated carbocycles. The Labute approximate surface area is 238 Å². The summed E-state index contributed by atoms with van der Waals surface area (Å²) < 4.78 is 18.3. The summed E-state index contributed by atoms with van der Waals surface area (Å²) in [4.78, 5) is 25.1. The summed E-state index contributed by atoms with van der Waals surface area (Å²) in [5.74, 6) is 0.604. The van der Waals surface area contributed by atoms with E-state index in [-0.39, 0.29) is 12.5 Å². The number of hydrazone groups is 1. The fourth-order valence-electron chi connectivity index (χ4n) is 3.30. The molecule has 8 nitrogen and oxygen atoms in total. The van der Waals surface area contributed by atoms with Gasteiger partial charge in [0.2, 0.25) is 0 Å². The molecule has 0 aliphatic carbocycles. The number of hydrogen-bond donors (Lipinski definition) is 2. The Balaban J connectivity index is 1.69. The predicted molar refractivity (Wildman–Crippen MR) is 156 cm³/mol. The lowest BCUT2D eigenvalue weighted by Crippen LogP contribution is -2.21. The summed E-state index contributed by atoms with van der Waals surface area (Å²) >= 11 is 6.90. The normalized spacial score (nSPS) is 10.6. The molecule has 198 valence electrons. The van der Waals surface area contributed by atoms with E-state index < -0.39 is 5.91 Å². The number of ether oxygens (including phenoxy) is 3. The topological polar surface area (TPSA) is 98.3 Å². The summed E-state index contributed by atoms with van der Waals surface area (Å²) in [5, 5.41) is 6.89. The van der Waals surface area contributed by atoms with E-state index in [2.05, 4.69) is 54.3 Å². The van der Waals surface area contributed by atoms with Gasteiger partial charge in [0.1, 0.15) is 12.4 Å².